The molecule has 0 bridgehead atoms. The van der Waals surface area contributed by atoms with Crippen molar-refractivity contribution < 1.29 is 9.47 Å². The number of hydrogen-bond acceptors (Lipinski definition) is 6. The molecule has 4 rings (SSSR count). The van der Waals surface area contributed by atoms with Crippen molar-refractivity contribution in [1.29, 1.82) is 0 Å². The van der Waals surface area contributed by atoms with E-state index in [1.54, 1.807) is 6.33 Å². The van der Waals surface area contributed by atoms with Gasteiger partial charge in [-0.2, -0.15) is 9.97 Å². The van der Waals surface area contributed by atoms with Crippen LogP contribution in [0, 0.1) is 5.92 Å². The summed E-state index contributed by atoms with van der Waals surface area (Å²) in [5.74, 6) is 1.11. The van der Waals surface area contributed by atoms with Gasteiger partial charge >= 0.3 is 6.01 Å². The molecular formula is C22H35N5O2. The number of nitrogens with zero attached hydrogens (tertiary/aromatic N) is 4. The Morgan fingerprint density at radius 1 is 1.03 bits per heavy atom. The van der Waals surface area contributed by atoms with Crippen molar-refractivity contribution in [3.63, 3.8) is 0 Å². The van der Waals surface area contributed by atoms with Crippen LogP contribution in [-0.2, 0) is 4.74 Å². The summed E-state index contributed by atoms with van der Waals surface area (Å²) in [5.41, 5.74) is 7.45. The highest BCUT2D eigenvalue weighted by molar-refractivity contribution is 5.81. The minimum atomic E-state index is -0.0416. The van der Waals surface area contributed by atoms with Gasteiger partial charge in [-0.15, -0.1) is 0 Å². The molecule has 3 heterocycles. The van der Waals surface area contributed by atoms with Crippen LogP contribution in [0.4, 0.5) is 5.82 Å². The van der Waals surface area contributed by atoms with E-state index in [1.165, 1.54) is 57.8 Å². The number of hydrogen-bond donors (Lipinski definition) is 1. The minimum absolute atomic E-state index is 0.0416. The van der Waals surface area contributed by atoms with Crippen LogP contribution in [0.5, 0.6) is 6.01 Å². The van der Waals surface area contributed by atoms with Crippen molar-refractivity contribution in [2.45, 2.75) is 96.3 Å². The van der Waals surface area contributed by atoms with Crippen LogP contribution < -0.4 is 10.5 Å². The third-order valence-corrected chi connectivity index (χ3v) is 6.43. The molecule has 2 fully saturated rings. The normalized spacial score (nSPS) is 24.7. The van der Waals surface area contributed by atoms with E-state index in [0.717, 1.165) is 25.2 Å². The fourth-order valence-corrected chi connectivity index (χ4v) is 4.68. The van der Waals surface area contributed by atoms with Crippen molar-refractivity contribution in [3.8, 4) is 6.01 Å². The maximum atomic E-state index is 6.13. The van der Waals surface area contributed by atoms with Crippen molar-refractivity contribution >= 4 is 17.0 Å². The highest BCUT2D eigenvalue weighted by Gasteiger charge is 2.26. The number of imidazole rings is 1. The molecule has 1 aliphatic carbocycles. The summed E-state index contributed by atoms with van der Waals surface area (Å²) < 4.78 is 13.9. The molecule has 1 saturated heterocycles. The van der Waals surface area contributed by atoms with Crippen LogP contribution in [0.15, 0.2) is 6.33 Å². The van der Waals surface area contributed by atoms with Crippen molar-refractivity contribution in [2.75, 3.05) is 12.3 Å². The number of fused-ring (bicyclic) bond motifs is 1. The van der Waals surface area contributed by atoms with Gasteiger partial charge in [0.05, 0.1) is 19.0 Å². The van der Waals surface area contributed by atoms with Gasteiger partial charge < -0.3 is 15.2 Å². The van der Waals surface area contributed by atoms with Gasteiger partial charge in [0.25, 0.3) is 0 Å². The number of aromatic nitrogens is 4. The maximum absolute atomic E-state index is 6.13. The third kappa shape index (κ3) is 5.18. The lowest BCUT2D eigenvalue weighted by Crippen LogP contribution is -2.12. The Balaban J connectivity index is 1.38. The molecule has 7 nitrogen and oxygen atoms in total. The van der Waals surface area contributed by atoms with Crippen LogP contribution >= 0.6 is 0 Å². The number of nitrogens with two attached hydrogens (primary N) is 1. The van der Waals surface area contributed by atoms with Crippen molar-refractivity contribution in [1.82, 2.24) is 19.5 Å². The molecule has 2 N–H and O–H groups in total. The smallest absolute Gasteiger partial charge is 0.320 e. The molecule has 1 saturated carbocycles. The molecule has 2 aliphatic rings. The predicted octanol–water partition coefficient (Wildman–Crippen LogP) is 5.02. The largest absolute Gasteiger partial charge is 0.463 e. The number of anilines is 1. The van der Waals surface area contributed by atoms with Gasteiger partial charge in [0.2, 0.25) is 0 Å². The fraction of sp³-hybridized carbons (Fsp3) is 0.773. The average Bonchev–Trinajstić information content (AvgIpc) is 3.33. The van der Waals surface area contributed by atoms with Crippen molar-refractivity contribution in [3.05, 3.63) is 6.33 Å². The minimum Gasteiger partial charge on any atom is -0.463 e. The lowest BCUT2D eigenvalue weighted by molar-refractivity contribution is 0.0131. The zero-order valence-electron chi connectivity index (χ0n) is 17.7. The van der Waals surface area contributed by atoms with Gasteiger partial charge in [-0.3, -0.25) is 4.57 Å². The molecule has 2 unspecified atom stereocenters. The Kier molecular flexibility index (Phi) is 6.85. The summed E-state index contributed by atoms with van der Waals surface area (Å²) >= 11 is 0. The first kappa shape index (κ1) is 20.4. The molecule has 2 aromatic heterocycles. The standard InChI is InChI=1S/C22H35N5O2/c1-16-11-12-18(29-16)27-15-24-19-20(23)25-22(26-21(19)27)28-14-13-17-9-7-5-3-2-4-6-8-10-17/h15-18H,2-14H2,1H3,(H2,23,25,26). The SMILES string of the molecule is CC1CCC(n2cnc3c(N)nc(OCCC4CCCCCCCCC4)nc32)O1. The van der Waals surface area contributed by atoms with E-state index in [2.05, 4.69) is 21.9 Å². The van der Waals surface area contributed by atoms with Gasteiger partial charge in [-0.1, -0.05) is 57.8 Å². The first-order valence-corrected chi connectivity index (χ1v) is 11.5. The second-order valence-corrected chi connectivity index (χ2v) is 8.75. The summed E-state index contributed by atoms with van der Waals surface area (Å²) in [5, 5.41) is 0. The molecule has 0 amide bonds. The summed E-state index contributed by atoms with van der Waals surface area (Å²) in [6, 6.07) is 0.350. The summed E-state index contributed by atoms with van der Waals surface area (Å²) in [4.78, 5) is 13.3. The van der Waals surface area contributed by atoms with Crippen LogP contribution in [-0.4, -0.2) is 32.2 Å². The number of rotatable bonds is 5. The third-order valence-electron chi connectivity index (χ3n) is 6.43. The Morgan fingerprint density at radius 3 is 2.45 bits per heavy atom. The van der Waals surface area contributed by atoms with Gasteiger partial charge in [0.15, 0.2) is 17.0 Å². The van der Waals surface area contributed by atoms with E-state index in [9.17, 15) is 0 Å². The molecule has 1 aliphatic heterocycles. The quantitative estimate of drug-likeness (QED) is 0.757. The van der Waals surface area contributed by atoms with Crippen LogP contribution in [0.3, 0.4) is 0 Å². The van der Waals surface area contributed by atoms with E-state index < -0.39 is 0 Å². The Bertz CT molecular complexity index is 783. The zero-order chi connectivity index (χ0) is 20.1. The van der Waals surface area contributed by atoms with Gasteiger partial charge in [-0.05, 0) is 32.1 Å². The molecule has 2 atom stereocenters. The first-order valence-electron chi connectivity index (χ1n) is 11.5. The second-order valence-electron chi connectivity index (χ2n) is 8.75. The molecule has 7 heteroatoms. The molecule has 2 aromatic rings. The first-order chi connectivity index (χ1) is 14.2. The van der Waals surface area contributed by atoms with Crippen molar-refractivity contribution in [2.24, 2.45) is 5.92 Å². The average molecular weight is 402 g/mol. The lowest BCUT2D eigenvalue weighted by Gasteiger charge is -2.18. The Hall–Kier alpha value is -1.89. The van der Waals surface area contributed by atoms with E-state index >= 15 is 0 Å². The van der Waals surface area contributed by atoms with E-state index in [1.807, 2.05) is 4.57 Å². The Labute approximate surface area is 173 Å². The molecule has 160 valence electrons. The molecule has 0 radical (unpaired) electrons. The summed E-state index contributed by atoms with van der Waals surface area (Å²) in [6.07, 6.45) is 17.3. The van der Waals surface area contributed by atoms with E-state index in [-0.39, 0.29) is 12.3 Å². The predicted molar refractivity (Wildman–Crippen MR) is 114 cm³/mol. The number of ether oxygens (including phenoxy) is 2. The van der Waals surface area contributed by atoms with Gasteiger partial charge in [0, 0.05) is 0 Å². The maximum Gasteiger partial charge on any atom is 0.320 e. The van der Waals surface area contributed by atoms with Gasteiger partial charge in [0.1, 0.15) is 6.23 Å². The van der Waals surface area contributed by atoms with E-state index in [0.29, 0.717) is 29.6 Å². The summed E-state index contributed by atoms with van der Waals surface area (Å²) in [7, 11) is 0. The van der Waals surface area contributed by atoms with Crippen LogP contribution in [0.2, 0.25) is 0 Å². The van der Waals surface area contributed by atoms with Crippen LogP contribution in [0.1, 0.15) is 90.2 Å². The summed E-state index contributed by atoms with van der Waals surface area (Å²) in [6.45, 7) is 2.73. The fourth-order valence-electron chi connectivity index (χ4n) is 4.68. The monoisotopic (exact) mass is 401 g/mol. The molecular weight excluding hydrogens is 366 g/mol. The number of nitrogen functional groups attached to an aromatic ring is 1. The molecule has 29 heavy (non-hydrogen) atoms. The van der Waals surface area contributed by atoms with Gasteiger partial charge in [-0.25, -0.2) is 4.98 Å². The highest BCUT2D eigenvalue weighted by atomic mass is 16.5. The molecule has 0 spiro atoms. The Morgan fingerprint density at radius 2 is 1.76 bits per heavy atom. The lowest BCUT2D eigenvalue weighted by atomic mass is 9.90. The van der Waals surface area contributed by atoms with Crippen LogP contribution in [0.25, 0.3) is 11.2 Å². The zero-order valence-corrected chi connectivity index (χ0v) is 17.7. The van der Waals surface area contributed by atoms with E-state index in [4.69, 9.17) is 15.2 Å². The highest BCUT2D eigenvalue weighted by Crippen LogP contribution is 2.31. The topological polar surface area (TPSA) is 88.1 Å². The molecule has 0 aromatic carbocycles. The second kappa shape index (κ2) is 9.74.